The molecule has 2 rings (SSSR count). The molecular weight excluding hydrogens is 240 g/mol. The first-order chi connectivity index (χ1) is 9.06. The van der Waals surface area contributed by atoms with Gasteiger partial charge in [0.2, 0.25) is 0 Å². The second kappa shape index (κ2) is 6.19. The van der Waals surface area contributed by atoms with Crippen molar-refractivity contribution in [2.45, 2.75) is 32.8 Å². The zero-order valence-corrected chi connectivity index (χ0v) is 12.1. The molecule has 0 radical (unpaired) electrons. The van der Waals surface area contributed by atoms with Crippen molar-refractivity contribution < 1.29 is 5.11 Å². The highest BCUT2D eigenvalue weighted by Crippen LogP contribution is 2.21. The summed E-state index contributed by atoms with van der Waals surface area (Å²) in [5.74, 6) is 2.53. The molecule has 0 aliphatic carbocycles. The summed E-state index contributed by atoms with van der Waals surface area (Å²) >= 11 is 0. The molecule has 5 nitrogen and oxygen atoms in total. The van der Waals surface area contributed by atoms with Crippen LogP contribution in [0, 0.1) is 5.92 Å². The molecule has 106 valence electrons. The summed E-state index contributed by atoms with van der Waals surface area (Å²) < 4.78 is 0. The van der Waals surface area contributed by atoms with E-state index in [0.29, 0.717) is 5.92 Å². The van der Waals surface area contributed by atoms with Gasteiger partial charge in [0.1, 0.15) is 18.0 Å². The van der Waals surface area contributed by atoms with Gasteiger partial charge in [-0.2, -0.15) is 0 Å². The molecular formula is C14H24N4O. The Labute approximate surface area is 115 Å². The minimum atomic E-state index is -0.152. The Morgan fingerprint density at radius 2 is 2.05 bits per heavy atom. The van der Waals surface area contributed by atoms with Gasteiger partial charge in [0.15, 0.2) is 0 Å². The predicted octanol–water partition coefficient (Wildman–Crippen LogP) is 1.53. The lowest BCUT2D eigenvalue weighted by atomic mass is 10.1. The van der Waals surface area contributed by atoms with Crippen LogP contribution in [0.4, 0.5) is 11.6 Å². The van der Waals surface area contributed by atoms with Gasteiger partial charge in [-0.3, -0.25) is 0 Å². The molecule has 0 aromatic carbocycles. The molecule has 1 fully saturated rings. The second-order valence-electron chi connectivity index (χ2n) is 5.73. The molecule has 0 bridgehead atoms. The molecule has 0 spiro atoms. The van der Waals surface area contributed by atoms with Crippen LogP contribution in [0.3, 0.4) is 0 Å². The summed E-state index contributed by atoms with van der Waals surface area (Å²) in [5, 5.41) is 9.55. The fraction of sp³-hybridized carbons (Fsp3) is 0.714. The van der Waals surface area contributed by atoms with Crippen molar-refractivity contribution in [3.05, 3.63) is 12.4 Å². The third-order valence-corrected chi connectivity index (χ3v) is 3.46. The van der Waals surface area contributed by atoms with Gasteiger partial charge in [-0.05, 0) is 18.8 Å². The molecule has 0 unspecified atom stereocenters. The van der Waals surface area contributed by atoms with Gasteiger partial charge in [-0.1, -0.05) is 13.8 Å². The maximum Gasteiger partial charge on any atom is 0.134 e. The Kier molecular flexibility index (Phi) is 4.58. The Morgan fingerprint density at radius 3 is 2.68 bits per heavy atom. The van der Waals surface area contributed by atoms with Crippen LogP contribution in [0.5, 0.6) is 0 Å². The van der Waals surface area contributed by atoms with Gasteiger partial charge in [-0.15, -0.1) is 0 Å². The number of aromatic nitrogens is 2. The standard InChI is InChI=1S/C14H24N4O/c1-11(2)9-17(3)13-8-14(16-10-15-13)18-6-4-12(19)5-7-18/h8,10-12,19H,4-7,9H2,1-3H3. The zero-order chi connectivity index (χ0) is 13.8. The van der Waals surface area contributed by atoms with Crippen molar-refractivity contribution in [3.63, 3.8) is 0 Å². The largest absolute Gasteiger partial charge is 0.393 e. The van der Waals surface area contributed by atoms with E-state index in [0.717, 1.165) is 44.1 Å². The van der Waals surface area contributed by atoms with Crippen molar-refractivity contribution in [2.75, 3.05) is 36.5 Å². The van der Waals surface area contributed by atoms with E-state index in [1.54, 1.807) is 6.33 Å². The number of hydrogen-bond donors (Lipinski definition) is 1. The molecule has 1 aliphatic rings. The monoisotopic (exact) mass is 264 g/mol. The van der Waals surface area contributed by atoms with Crippen LogP contribution >= 0.6 is 0 Å². The van der Waals surface area contributed by atoms with Crippen LogP contribution in [-0.4, -0.2) is 47.9 Å². The molecule has 2 heterocycles. The van der Waals surface area contributed by atoms with E-state index in [1.807, 2.05) is 6.07 Å². The van der Waals surface area contributed by atoms with Gasteiger partial charge >= 0.3 is 0 Å². The van der Waals surface area contributed by atoms with Gasteiger partial charge < -0.3 is 14.9 Å². The minimum absolute atomic E-state index is 0.152. The number of piperidine rings is 1. The van der Waals surface area contributed by atoms with Gasteiger partial charge in [0, 0.05) is 32.7 Å². The quantitative estimate of drug-likeness (QED) is 0.894. The zero-order valence-electron chi connectivity index (χ0n) is 12.1. The number of aliphatic hydroxyl groups is 1. The van der Waals surface area contributed by atoms with Crippen molar-refractivity contribution in [1.29, 1.82) is 0 Å². The van der Waals surface area contributed by atoms with Gasteiger partial charge in [0.05, 0.1) is 6.10 Å². The van der Waals surface area contributed by atoms with E-state index < -0.39 is 0 Å². The maximum absolute atomic E-state index is 9.55. The fourth-order valence-corrected chi connectivity index (χ4v) is 2.46. The van der Waals surface area contributed by atoms with Crippen LogP contribution in [0.25, 0.3) is 0 Å². The Hall–Kier alpha value is -1.36. The number of rotatable bonds is 4. The van der Waals surface area contributed by atoms with E-state index in [1.165, 1.54) is 0 Å². The molecule has 1 N–H and O–H groups in total. The summed E-state index contributed by atoms with van der Waals surface area (Å²) in [6.07, 6.45) is 3.12. The molecule has 1 aromatic rings. The highest BCUT2D eigenvalue weighted by atomic mass is 16.3. The van der Waals surface area contributed by atoms with E-state index in [9.17, 15) is 5.11 Å². The molecule has 19 heavy (non-hydrogen) atoms. The highest BCUT2D eigenvalue weighted by molar-refractivity contribution is 5.49. The van der Waals surface area contributed by atoms with Crippen LogP contribution in [-0.2, 0) is 0 Å². The first-order valence-corrected chi connectivity index (χ1v) is 7.02. The SMILES string of the molecule is CC(C)CN(C)c1cc(N2CCC(O)CC2)ncn1. The van der Waals surface area contributed by atoms with Gasteiger partial charge in [0.25, 0.3) is 0 Å². The van der Waals surface area contributed by atoms with E-state index in [2.05, 4.69) is 40.7 Å². The molecule has 1 aromatic heterocycles. The van der Waals surface area contributed by atoms with Crippen LogP contribution in [0.1, 0.15) is 26.7 Å². The van der Waals surface area contributed by atoms with Crippen LogP contribution < -0.4 is 9.80 Å². The lowest BCUT2D eigenvalue weighted by Gasteiger charge is -2.31. The lowest BCUT2D eigenvalue weighted by Crippen LogP contribution is -2.36. The lowest BCUT2D eigenvalue weighted by molar-refractivity contribution is 0.145. The summed E-state index contributed by atoms with van der Waals surface area (Å²) in [7, 11) is 2.06. The van der Waals surface area contributed by atoms with Gasteiger partial charge in [-0.25, -0.2) is 9.97 Å². The fourth-order valence-electron chi connectivity index (χ4n) is 2.46. The highest BCUT2D eigenvalue weighted by Gasteiger charge is 2.18. The molecule has 0 amide bonds. The predicted molar refractivity (Wildman–Crippen MR) is 77.6 cm³/mol. The number of aliphatic hydroxyl groups excluding tert-OH is 1. The van der Waals surface area contributed by atoms with Crippen molar-refractivity contribution >= 4 is 11.6 Å². The van der Waals surface area contributed by atoms with Crippen molar-refractivity contribution in [3.8, 4) is 0 Å². The normalized spacial score (nSPS) is 17.0. The Morgan fingerprint density at radius 1 is 1.37 bits per heavy atom. The third-order valence-electron chi connectivity index (χ3n) is 3.46. The number of hydrogen-bond acceptors (Lipinski definition) is 5. The van der Waals surface area contributed by atoms with Crippen molar-refractivity contribution in [2.24, 2.45) is 5.92 Å². The van der Waals surface area contributed by atoms with Crippen LogP contribution in [0.2, 0.25) is 0 Å². The summed E-state index contributed by atoms with van der Waals surface area (Å²) in [4.78, 5) is 13.1. The van der Waals surface area contributed by atoms with E-state index >= 15 is 0 Å². The Bertz CT molecular complexity index is 402. The molecule has 5 heteroatoms. The topological polar surface area (TPSA) is 52.5 Å². The summed E-state index contributed by atoms with van der Waals surface area (Å²) in [6.45, 7) is 7.11. The van der Waals surface area contributed by atoms with E-state index in [4.69, 9.17) is 0 Å². The molecule has 0 atom stereocenters. The van der Waals surface area contributed by atoms with Crippen molar-refractivity contribution in [1.82, 2.24) is 9.97 Å². The Balaban J connectivity index is 2.06. The smallest absolute Gasteiger partial charge is 0.134 e. The first kappa shape index (κ1) is 14.1. The maximum atomic E-state index is 9.55. The second-order valence-corrected chi connectivity index (χ2v) is 5.73. The molecule has 1 saturated heterocycles. The minimum Gasteiger partial charge on any atom is -0.393 e. The molecule has 1 aliphatic heterocycles. The first-order valence-electron chi connectivity index (χ1n) is 7.02. The van der Waals surface area contributed by atoms with E-state index in [-0.39, 0.29) is 6.10 Å². The third kappa shape index (κ3) is 3.80. The van der Waals surface area contributed by atoms with Crippen LogP contribution in [0.15, 0.2) is 12.4 Å². The molecule has 0 saturated carbocycles. The number of anilines is 2. The summed E-state index contributed by atoms with van der Waals surface area (Å²) in [6, 6.07) is 2.04. The summed E-state index contributed by atoms with van der Waals surface area (Å²) in [5.41, 5.74) is 0. The average molecular weight is 264 g/mol. The average Bonchev–Trinajstić information content (AvgIpc) is 2.39. The number of nitrogens with zero attached hydrogens (tertiary/aromatic N) is 4.